The molecule has 0 aromatic carbocycles. The minimum atomic E-state index is 0.127. The van der Waals surface area contributed by atoms with Crippen molar-refractivity contribution in [3.63, 3.8) is 0 Å². The van der Waals surface area contributed by atoms with Crippen LogP contribution in [0.2, 0.25) is 0 Å². The zero-order valence-corrected chi connectivity index (χ0v) is 7.49. The number of nitrogens with two attached hydrogens (primary N) is 1. The lowest BCUT2D eigenvalue weighted by atomic mass is 9.95. The van der Waals surface area contributed by atoms with Crippen LogP contribution >= 0.6 is 0 Å². The molecule has 3 heteroatoms. The normalized spacial score (nSPS) is 32.7. The van der Waals surface area contributed by atoms with Gasteiger partial charge in [-0.25, -0.2) is 0 Å². The van der Waals surface area contributed by atoms with Gasteiger partial charge >= 0.3 is 0 Å². The molecule has 0 spiro atoms. The summed E-state index contributed by atoms with van der Waals surface area (Å²) in [6, 6.07) is 0.141. The molecule has 1 heterocycles. The van der Waals surface area contributed by atoms with E-state index in [1.54, 1.807) is 4.90 Å². The molecule has 2 fully saturated rings. The number of likely N-dealkylation sites (tertiary alicyclic amines) is 1. The maximum Gasteiger partial charge on any atom is 0.227 e. The van der Waals surface area contributed by atoms with Gasteiger partial charge in [0.1, 0.15) is 0 Å². The van der Waals surface area contributed by atoms with Crippen molar-refractivity contribution in [3.8, 4) is 0 Å². The van der Waals surface area contributed by atoms with Crippen LogP contribution in [0.4, 0.5) is 0 Å². The molecule has 1 aliphatic heterocycles. The number of rotatable bonds is 2. The number of hydrogen-bond acceptors (Lipinski definition) is 2. The smallest absolute Gasteiger partial charge is 0.227 e. The first-order valence-electron chi connectivity index (χ1n) is 4.70. The number of carbonyl (C=O) groups is 1. The zero-order chi connectivity index (χ0) is 8.72. The van der Waals surface area contributed by atoms with E-state index >= 15 is 0 Å². The van der Waals surface area contributed by atoms with Gasteiger partial charge in [-0.15, -0.1) is 0 Å². The largest absolute Gasteiger partial charge is 0.345 e. The highest BCUT2D eigenvalue weighted by Crippen LogP contribution is 2.37. The highest BCUT2D eigenvalue weighted by molar-refractivity contribution is 5.81. The lowest BCUT2D eigenvalue weighted by Gasteiger charge is -2.16. The molecule has 1 saturated carbocycles. The van der Waals surface area contributed by atoms with Crippen LogP contribution in [-0.2, 0) is 4.79 Å². The molecule has 12 heavy (non-hydrogen) atoms. The first kappa shape index (κ1) is 8.05. The summed E-state index contributed by atoms with van der Waals surface area (Å²) >= 11 is 0. The zero-order valence-electron chi connectivity index (χ0n) is 7.49. The standard InChI is InChI=1S/C9H16N2O/c1-11-5-4-7(9(11)12)8(10)6-2-3-6/h6-8H,2-5,10H2,1H3. The Labute approximate surface area is 72.9 Å². The predicted molar refractivity (Wildman–Crippen MR) is 46.4 cm³/mol. The fourth-order valence-corrected chi connectivity index (χ4v) is 2.02. The molecule has 0 bridgehead atoms. The van der Waals surface area contributed by atoms with Gasteiger partial charge in [0.05, 0.1) is 5.92 Å². The summed E-state index contributed by atoms with van der Waals surface area (Å²) in [7, 11) is 1.86. The molecule has 0 aromatic heterocycles. The number of carbonyl (C=O) groups excluding carboxylic acids is 1. The van der Waals surface area contributed by atoms with Gasteiger partial charge in [-0.05, 0) is 25.2 Å². The summed E-state index contributed by atoms with van der Waals surface area (Å²) in [6.45, 7) is 0.893. The van der Waals surface area contributed by atoms with Gasteiger partial charge in [0.25, 0.3) is 0 Å². The fourth-order valence-electron chi connectivity index (χ4n) is 2.02. The van der Waals surface area contributed by atoms with E-state index in [1.165, 1.54) is 12.8 Å². The van der Waals surface area contributed by atoms with Crippen molar-refractivity contribution in [2.75, 3.05) is 13.6 Å². The topological polar surface area (TPSA) is 46.3 Å². The molecule has 3 nitrogen and oxygen atoms in total. The summed E-state index contributed by atoms with van der Waals surface area (Å²) in [5, 5.41) is 0. The van der Waals surface area contributed by atoms with Gasteiger partial charge in [0.15, 0.2) is 0 Å². The Kier molecular flexibility index (Phi) is 1.83. The van der Waals surface area contributed by atoms with E-state index in [9.17, 15) is 4.79 Å². The maximum absolute atomic E-state index is 11.5. The molecule has 1 amide bonds. The second-order valence-electron chi connectivity index (χ2n) is 4.07. The second kappa shape index (κ2) is 2.73. The van der Waals surface area contributed by atoms with Crippen LogP contribution < -0.4 is 5.73 Å². The van der Waals surface area contributed by atoms with Crippen molar-refractivity contribution < 1.29 is 4.79 Å². The molecule has 1 aliphatic carbocycles. The van der Waals surface area contributed by atoms with Gasteiger partial charge in [-0.2, -0.15) is 0 Å². The van der Waals surface area contributed by atoms with Crippen LogP contribution in [0.5, 0.6) is 0 Å². The molecular weight excluding hydrogens is 152 g/mol. The molecule has 2 aliphatic rings. The van der Waals surface area contributed by atoms with Gasteiger partial charge < -0.3 is 10.6 Å². The monoisotopic (exact) mass is 168 g/mol. The third-order valence-electron chi connectivity index (χ3n) is 3.10. The fraction of sp³-hybridized carbons (Fsp3) is 0.889. The SMILES string of the molecule is CN1CCC(C(N)C2CC2)C1=O. The Bertz CT molecular complexity index is 201. The minimum absolute atomic E-state index is 0.127. The second-order valence-corrected chi connectivity index (χ2v) is 4.07. The van der Waals surface area contributed by atoms with Gasteiger partial charge in [-0.1, -0.05) is 0 Å². The molecule has 1 saturated heterocycles. The van der Waals surface area contributed by atoms with Crippen LogP contribution in [0.15, 0.2) is 0 Å². The Balaban J connectivity index is 1.99. The predicted octanol–water partition coefficient (Wildman–Crippen LogP) is 0.202. The number of amides is 1. The van der Waals surface area contributed by atoms with Crippen LogP contribution in [-0.4, -0.2) is 30.4 Å². The summed E-state index contributed by atoms with van der Waals surface area (Å²) in [5.74, 6) is 1.03. The molecule has 2 unspecified atom stereocenters. The van der Waals surface area contributed by atoms with Crippen molar-refractivity contribution >= 4 is 5.91 Å². The third-order valence-corrected chi connectivity index (χ3v) is 3.10. The van der Waals surface area contributed by atoms with Crippen LogP contribution in [0, 0.1) is 11.8 Å². The first-order valence-corrected chi connectivity index (χ1v) is 4.70. The van der Waals surface area contributed by atoms with Gasteiger partial charge in [-0.3, -0.25) is 4.79 Å². The van der Waals surface area contributed by atoms with Gasteiger partial charge in [0, 0.05) is 19.6 Å². The van der Waals surface area contributed by atoms with E-state index in [1.807, 2.05) is 7.05 Å². The van der Waals surface area contributed by atoms with Crippen molar-refractivity contribution in [2.45, 2.75) is 25.3 Å². The lowest BCUT2D eigenvalue weighted by Crippen LogP contribution is -2.37. The van der Waals surface area contributed by atoms with Crippen LogP contribution in [0.3, 0.4) is 0 Å². The Morgan fingerprint density at radius 1 is 1.50 bits per heavy atom. The minimum Gasteiger partial charge on any atom is -0.345 e. The quantitative estimate of drug-likeness (QED) is 0.640. The summed E-state index contributed by atoms with van der Waals surface area (Å²) in [5.41, 5.74) is 5.99. The third kappa shape index (κ3) is 1.22. The van der Waals surface area contributed by atoms with E-state index < -0.39 is 0 Å². The van der Waals surface area contributed by atoms with Crippen LogP contribution in [0.25, 0.3) is 0 Å². The first-order chi connectivity index (χ1) is 5.70. The Morgan fingerprint density at radius 2 is 2.17 bits per heavy atom. The average Bonchev–Trinajstić information content (AvgIpc) is 2.82. The molecule has 2 rings (SSSR count). The van der Waals surface area contributed by atoms with E-state index in [0.29, 0.717) is 5.92 Å². The molecule has 0 aromatic rings. The van der Waals surface area contributed by atoms with Crippen molar-refractivity contribution in [1.82, 2.24) is 4.90 Å². The summed E-state index contributed by atoms with van der Waals surface area (Å²) in [6.07, 6.45) is 3.43. The summed E-state index contributed by atoms with van der Waals surface area (Å²) in [4.78, 5) is 13.3. The van der Waals surface area contributed by atoms with Gasteiger partial charge in [0.2, 0.25) is 5.91 Å². The Morgan fingerprint density at radius 3 is 2.58 bits per heavy atom. The van der Waals surface area contributed by atoms with E-state index in [2.05, 4.69) is 0 Å². The van der Waals surface area contributed by atoms with E-state index in [-0.39, 0.29) is 17.9 Å². The molecular formula is C9H16N2O. The van der Waals surface area contributed by atoms with Crippen molar-refractivity contribution in [3.05, 3.63) is 0 Å². The van der Waals surface area contributed by atoms with Crippen LogP contribution in [0.1, 0.15) is 19.3 Å². The number of hydrogen-bond donors (Lipinski definition) is 1. The highest BCUT2D eigenvalue weighted by Gasteiger charge is 2.40. The van der Waals surface area contributed by atoms with Crippen molar-refractivity contribution in [1.29, 1.82) is 0 Å². The molecule has 68 valence electrons. The molecule has 0 radical (unpaired) electrons. The average molecular weight is 168 g/mol. The van der Waals surface area contributed by atoms with E-state index in [4.69, 9.17) is 5.73 Å². The Hall–Kier alpha value is -0.570. The lowest BCUT2D eigenvalue weighted by molar-refractivity contribution is -0.130. The highest BCUT2D eigenvalue weighted by atomic mass is 16.2. The number of nitrogens with zero attached hydrogens (tertiary/aromatic N) is 1. The molecule has 2 atom stereocenters. The van der Waals surface area contributed by atoms with Crippen molar-refractivity contribution in [2.24, 2.45) is 17.6 Å². The maximum atomic E-state index is 11.5. The van der Waals surface area contributed by atoms with E-state index in [0.717, 1.165) is 13.0 Å². The molecule has 2 N–H and O–H groups in total. The summed E-state index contributed by atoms with van der Waals surface area (Å²) < 4.78 is 0.